The number of rotatable bonds is 6. The van der Waals surface area contributed by atoms with Gasteiger partial charge in [-0.2, -0.15) is 0 Å². The third-order valence-electron chi connectivity index (χ3n) is 9.89. The fraction of sp³-hybridized carbons (Fsp3) is 0.294. The third kappa shape index (κ3) is 4.82. The molecule has 2 saturated carbocycles. The van der Waals surface area contributed by atoms with Crippen LogP contribution in [0.5, 0.6) is 5.75 Å². The highest BCUT2D eigenvalue weighted by atomic mass is 79.9. The second kappa shape index (κ2) is 11.5. The standard InChI is InChI=1S/C34H27Br2N3O5S2/c1-15-4-2-3-5-22(15)37-24(40)14-44-23-11-8-17(36)12-19(23)25-26-20-13-21(29(26)45-31-30(25)46-34(43)38-31)28-27(20)32(41)39(33(28)42)18-9-6-16(35)7-10-18/h2-12,20-21,25-29H,13-14H2,1H3,(H,37,40)(H,38,43)/t20-,21-,25+,26-,27+,28+,29-/m1/s1. The fourth-order valence-corrected chi connectivity index (χ4v) is 11.7. The molecule has 1 aromatic heterocycles. The Bertz CT molecular complexity index is 1980. The molecule has 3 aromatic carbocycles. The van der Waals surface area contributed by atoms with E-state index in [0.29, 0.717) is 11.4 Å². The number of thioether (sulfide) groups is 1. The van der Waals surface area contributed by atoms with Crippen molar-refractivity contribution in [3.63, 3.8) is 0 Å². The number of aryl methyl sites for hydroxylation is 1. The second-order valence-corrected chi connectivity index (χ2v) is 16.3. The number of anilines is 2. The second-order valence-electron chi connectivity index (χ2n) is 12.3. The van der Waals surface area contributed by atoms with E-state index in [2.05, 4.69) is 42.2 Å². The molecule has 234 valence electrons. The van der Waals surface area contributed by atoms with Gasteiger partial charge in [0.2, 0.25) is 11.8 Å². The summed E-state index contributed by atoms with van der Waals surface area (Å²) in [5.74, 6) is -1.10. The number of halogens is 2. The number of para-hydroxylation sites is 1. The summed E-state index contributed by atoms with van der Waals surface area (Å²) in [6, 6.07) is 20.6. The highest BCUT2D eigenvalue weighted by molar-refractivity contribution is 9.10. The molecule has 8 rings (SSSR count). The SMILES string of the molecule is Cc1ccccc1NC(=O)COc1ccc(Br)cc1[C@@H]1c2sc(=O)[nH]c2S[C@@H]2[C@@H]3C[C@@H]([C@@H]4C(=O)N(c5ccc(Br)cc5)C(=O)[C@@H]34)[C@H]12. The van der Waals surface area contributed by atoms with Crippen LogP contribution in [0.15, 0.2) is 85.5 Å². The van der Waals surface area contributed by atoms with Gasteiger partial charge in [-0.15, -0.1) is 11.8 Å². The van der Waals surface area contributed by atoms with Crippen LogP contribution in [0.2, 0.25) is 0 Å². The zero-order chi connectivity index (χ0) is 31.9. The maximum Gasteiger partial charge on any atom is 0.305 e. The Kier molecular flexibility index (Phi) is 7.54. The minimum atomic E-state index is -0.417. The number of thiazole rings is 1. The molecule has 7 atom stereocenters. The Morgan fingerprint density at radius 3 is 2.46 bits per heavy atom. The van der Waals surface area contributed by atoms with Crippen molar-refractivity contribution in [1.82, 2.24) is 4.98 Å². The van der Waals surface area contributed by atoms with Crippen molar-refractivity contribution in [3.05, 3.63) is 101 Å². The Morgan fingerprint density at radius 1 is 0.978 bits per heavy atom. The van der Waals surface area contributed by atoms with E-state index in [1.54, 1.807) is 23.9 Å². The van der Waals surface area contributed by atoms with Gasteiger partial charge in [-0.3, -0.25) is 24.1 Å². The van der Waals surface area contributed by atoms with Crippen LogP contribution in [0.1, 0.15) is 28.3 Å². The van der Waals surface area contributed by atoms with Gasteiger partial charge in [-0.25, -0.2) is 0 Å². The number of carbonyl (C=O) groups is 3. The number of aromatic nitrogens is 1. The van der Waals surface area contributed by atoms with Gasteiger partial charge < -0.3 is 15.0 Å². The molecular weight excluding hydrogens is 754 g/mol. The smallest absolute Gasteiger partial charge is 0.305 e. The van der Waals surface area contributed by atoms with Crippen molar-refractivity contribution in [2.24, 2.45) is 29.6 Å². The van der Waals surface area contributed by atoms with Crippen LogP contribution in [-0.2, 0) is 14.4 Å². The number of imide groups is 1. The monoisotopic (exact) mass is 779 g/mol. The van der Waals surface area contributed by atoms with E-state index < -0.39 is 5.92 Å². The van der Waals surface area contributed by atoms with Gasteiger partial charge in [-0.1, -0.05) is 61.4 Å². The third-order valence-corrected chi connectivity index (χ3v) is 13.5. The molecular formula is C34H27Br2N3O5S2. The molecule has 3 amide bonds. The average molecular weight is 782 g/mol. The first-order valence-electron chi connectivity index (χ1n) is 15.0. The molecule has 4 aliphatic rings. The fourth-order valence-electron chi connectivity index (χ4n) is 8.15. The highest BCUT2D eigenvalue weighted by Gasteiger charge is 2.69. The molecule has 0 unspecified atom stereocenters. The van der Waals surface area contributed by atoms with Gasteiger partial charge in [0.1, 0.15) is 5.75 Å². The number of aromatic amines is 1. The number of nitrogens with one attached hydrogen (secondary N) is 2. The number of ether oxygens (including phenoxy) is 1. The lowest BCUT2D eigenvalue weighted by Gasteiger charge is -2.43. The minimum absolute atomic E-state index is 0.00244. The average Bonchev–Trinajstić information content (AvgIpc) is 3.77. The summed E-state index contributed by atoms with van der Waals surface area (Å²) in [7, 11) is 0. The summed E-state index contributed by atoms with van der Waals surface area (Å²) in [6.45, 7) is 1.74. The van der Waals surface area contributed by atoms with E-state index in [-0.39, 0.29) is 64.0 Å². The summed E-state index contributed by atoms with van der Waals surface area (Å²) in [5.41, 5.74) is 3.13. The molecule has 3 fully saturated rings. The summed E-state index contributed by atoms with van der Waals surface area (Å²) >= 11 is 9.91. The zero-order valence-corrected chi connectivity index (χ0v) is 29.2. The molecule has 4 aromatic rings. The molecule has 0 radical (unpaired) electrons. The Hall–Kier alpha value is -3.19. The van der Waals surface area contributed by atoms with E-state index in [1.165, 1.54) is 16.2 Å². The number of hydrogen-bond donors (Lipinski definition) is 2. The van der Waals surface area contributed by atoms with Gasteiger partial charge in [0.05, 0.1) is 22.5 Å². The minimum Gasteiger partial charge on any atom is -0.483 e. The normalized spacial score (nSPS) is 27.4. The summed E-state index contributed by atoms with van der Waals surface area (Å²) in [6.07, 6.45) is 0.780. The first-order chi connectivity index (χ1) is 22.2. The number of nitrogens with zero attached hydrogens (tertiary/aromatic N) is 1. The van der Waals surface area contributed by atoms with Crippen LogP contribution in [-0.4, -0.2) is 34.6 Å². The number of fused-ring (bicyclic) bond motifs is 9. The predicted octanol–water partition coefficient (Wildman–Crippen LogP) is 6.97. The van der Waals surface area contributed by atoms with Gasteiger partial charge in [-0.05, 0) is 85.2 Å². The predicted molar refractivity (Wildman–Crippen MR) is 185 cm³/mol. The van der Waals surface area contributed by atoms with E-state index in [4.69, 9.17) is 4.74 Å². The number of hydrogen-bond acceptors (Lipinski definition) is 7. The molecule has 1 saturated heterocycles. The zero-order valence-electron chi connectivity index (χ0n) is 24.4. The molecule has 46 heavy (non-hydrogen) atoms. The topological polar surface area (TPSA) is 109 Å². The van der Waals surface area contributed by atoms with Crippen molar-refractivity contribution >= 4 is 84.1 Å². The van der Waals surface area contributed by atoms with Crippen molar-refractivity contribution < 1.29 is 19.1 Å². The van der Waals surface area contributed by atoms with Crippen molar-refractivity contribution in [3.8, 4) is 5.75 Å². The van der Waals surface area contributed by atoms with E-state index in [1.807, 2.05) is 61.5 Å². The van der Waals surface area contributed by atoms with Crippen LogP contribution in [0.25, 0.3) is 0 Å². The molecule has 3 heterocycles. The number of H-pyrrole nitrogens is 1. The largest absolute Gasteiger partial charge is 0.483 e. The number of carbonyl (C=O) groups excluding carboxylic acids is 3. The Morgan fingerprint density at radius 2 is 1.70 bits per heavy atom. The van der Waals surface area contributed by atoms with Crippen molar-refractivity contribution in [2.45, 2.75) is 29.5 Å². The first kappa shape index (κ1) is 30.2. The summed E-state index contributed by atoms with van der Waals surface area (Å²) in [4.78, 5) is 58.9. The molecule has 2 bridgehead atoms. The Labute approximate surface area is 289 Å². The molecule has 8 nitrogen and oxygen atoms in total. The summed E-state index contributed by atoms with van der Waals surface area (Å²) < 4.78 is 7.94. The van der Waals surface area contributed by atoms with Crippen molar-refractivity contribution in [1.29, 1.82) is 0 Å². The maximum atomic E-state index is 14.1. The van der Waals surface area contributed by atoms with E-state index >= 15 is 0 Å². The molecule has 12 heteroatoms. The van der Waals surface area contributed by atoms with Crippen LogP contribution < -0.4 is 19.8 Å². The molecule has 0 spiro atoms. The van der Waals surface area contributed by atoms with Crippen LogP contribution in [0.3, 0.4) is 0 Å². The quantitative estimate of drug-likeness (QED) is 0.205. The lowest BCUT2D eigenvalue weighted by Crippen LogP contribution is -2.42. The number of benzene rings is 3. The molecule has 2 aliphatic carbocycles. The van der Waals surface area contributed by atoms with Crippen LogP contribution in [0.4, 0.5) is 11.4 Å². The van der Waals surface area contributed by atoms with Gasteiger partial charge in [0.25, 0.3) is 5.91 Å². The van der Waals surface area contributed by atoms with Gasteiger partial charge >= 0.3 is 4.87 Å². The van der Waals surface area contributed by atoms with E-state index in [0.717, 1.165) is 42.1 Å². The molecule has 2 N–H and O–H groups in total. The van der Waals surface area contributed by atoms with Crippen molar-refractivity contribution in [2.75, 3.05) is 16.8 Å². The lowest BCUT2D eigenvalue weighted by atomic mass is 9.68. The molecule has 2 aliphatic heterocycles. The highest BCUT2D eigenvalue weighted by Crippen LogP contribution is 2.69. The van der Waals surface area contributed by atoms with E-state index in [9.17, 15) is 19.2 Å². The summed E-state index contributed by atoms with van der Waals surface area (Å²) in [5, 5.41) is 3.78. The first-order valence-corrected chi connectivity index (χ1v) is 18.3. The van der Waals surface area contributed by atoms with Gasteiger partial charge in [0.15, 0.2) is 6.61 Å². The van der Waals surface area contributed by atoms with Crippen LogP contribution >= 0.6 is 55.0 Å². The maximum absolute atomic E-state index is 14.1. The van der Waals surface area contributed by atoms with Crippen LogP contribution in [0, 0.1) is 36.5 Å². The van der Waals surface area contributed by atoms with Gasteiger partial charge in [0, 0.05) is 36.2 Å². The number of amides is 3. The Balaban J connectivity index is 1.15. The lowest BCUT2D eigenvalue weighted by molar-refractivity contribution is -0.123.